The van der Waals surface area contributed by atoms with Gasteiger partial charge in [-0.3, -0.25) is 0 Å². The number of hydrogen-bond acceptors (Lipinski definition) is 1. The number of unbranched alkanes of at least 4 members (excludes halogenated alkanes) is 11. The summed E-state index contributed by atoms with van der Waals surface area (Å²) in [5.41, 5.74) is 0. The molecule has 0 spiro atoms. The lowest BCUT2D eigenvalue weighted by Crippen LogP contribution is -2.18. The number of rotatable bonds is 14. The van der Waals surface area contributed by atoms with Crippen LogP contribution in [0.5, 0.6) is 0 Å². The van der Waals surface area contributed by atoms with Gasteiger partial charge in [0, 0.05) is 14.7 Å². The van der Waals surface area contributed by atoms with Gasteiger partial charge in [0.05, 0.1) is 0 Å². The molecule has 0 saturated heterocycles. The highest BCUT2D eigenvalue weighted by atomic mass is 28.3. The zero-order valence-corrected chi connectivity index (χ0v) is 14.8. The molecule has 0 fully saturated rings. The third-order valence-corrected chi connectivity index (χ3v) is 5.69. The van der Waals surface area contributed by atoms with Gasteiger partial charge in [-0.25, -0.2) is 0 Å². The van der Waals surface area contributed by atoms with Crippen molar-refractivity contribution in [3.8, 4) is 0 Å². The Morgan fingerprint density at radius 3 is 1.16 bits per heavy atom. The predicted molar refractivity (Wildman–Crippen MR) is 90.6 cm³/mol. The number of aliphatic hydroxyl groups is 1. The summed E-state index contributed by atoms with van der Waals surface area (Å²) in [5.74, 6) is 0. The normalized spacial score (nSPS) is 12.0. The van der Waals surface area contributed by atoms with Crippen molar-refractivity contribution in [2.24, 2.45) is 0 Å². The van der Waals surface area contributed by atoms with Crippen molar-refractivity contribution in [2.75, 3.05) is 6.61 Å². The first-order valence-corrected chi connectivity index (χ1v) is 12.4. The highest BCUT2D eigenvalue weighted by Gasteiger charge is 2.11. The second-order valence-corrected chi connectivity index (χ2v) is 12.9. The van der Waals surface area contributed by atoms with Gasteiger partial charge >= 0.3 is 0 Å². The van der Waals surface area contributed by atoms with Crippen LogP contribution in [0.25, 0.3) is 0 Å². The van der Waals surface area contributed by atoms with Crippen LogP contribution < -0.4 is 0 Å². The van der Waals surface area contributed by atoms with E-state index in [0.29, 0.717) is 6.61 Å². The second-order valence-electron chi connectivity index (χ2n) is 7.28. The molecule has 0 aliphatic heterocycles. The Bertz CT molecular complexity index is 175. The van der Waals surface area contributed by atoms with Crippen LogP contribution in [0, 0.1) is 0 Å². The highest BCUT2D eigenvalue weighted by molar-refractivity contribution is 6.76. The van der Waals surface area contributed by atoms with Crippen molar-refractivity contribution < 1.29 is 5.11 Å². The Morgan fingerprint density at radius 1 is 0.526 bits per heavy atom. The Labute approximate surface area is 123 Å². The molecule has 0 saturated carbocycles. The molecule has 1 N–H and O–H groups in total. The van der Waals surface area contributed by atoms with Gasteiger partial charge in [-0.1, -0.05) is 96.3 Å². The molecule has 0 radical (unpaired) electrons. The monoisotopic (exact) mass is 286 g/mol. The van der Waals surface area contributed by atoms with Crippen molar-refractivity contribution >= 4 is 8.07 Å². The lowest BCUT2D eigenvalue weighted by Gasteiger charge is -2.14. The van der Waals surface area contributed by atoms with E-state index < -0.39 is 8.07 Å². The number of aliphatic hydroxyl groups excluding tert-OH is 1. The topological polar surface area (TPSA) is 20.2 Å². The largest absolute Gasteiger partial charge is 0.396 e. The summed E-state index contributed by atoms with van der Waals surface area (Å²) in [5, 5.41) is 8.67. The Morgan fingerprint density at radius 2 is 0.842 bits per heavy atom. The SMILES string of the molecule is C[Si](C)(C)CCCCCCCCCCCCCCO. The first-order chi connectivity index (χ1) is 9.06. The van der Waals surface area contributed by atoms with E-state index in [1.54, 1.807) is 0 Å². The molecule has 0 rings (SSSR count). The third kappa shape index (κ3) is 18.2. The quantitative estimate of drug-likeness (QED) is 0.307. The van der Waals surface area contributed by atoms with Gasteiger partial charge in [0.15, 0.2) is 0 Å². The molecule has 0 unspecified atom stereocenters. The van der Waals surface area contributed by atoms with Crippen LogP contribution in [0.1, 0.15) is 77.0 Å². The Hall–Kier alpha value is 0.177. The second kappa shape index (κ2) is 13.2. The zero-order valence-electron chi connectivity index (χ0n) is 13.8. The van der Waals surface area contributed by atoms with Gasteiger partial charge in [0.2, 0.25) is 0 Å². The summed E-state index contributed by atoms with van der Waals surface area (Å²) in [6.45, 7) is 7.81. The average molecular weight is 287 g/mol. The van der Waals surface area contributed by atoms with Crippen LogP contribution >= 0.6 is 0 Å². The summed E-state index contributed by atoms with van der Waals surface area (Å²) in [6, 6.07) is 1.51. The Kier molecular flexibility index (Phi) is 13.3. The van der Waals surface area contributed by atoms with Crippen molar-refractivity contribution in [1.82, 2.24) is 0 Å². The summed E-state index contributed by atoms with van der Waals surface area (Å²) in [6.07, 6.45) is 16.5. The standard InChI is InChI=1S/C17H38OSi/c1-19(2,3)17-15-13-11-9-7-5-4-6-8-10-12-14-16-18/h18H,4-17H2,1-3H3. The molecule has 1 nitrogen and oxygen atoms in total. The molecule has 19 heavy (non-hydrogen) atoms. The minimum atomic E-state index is -0.773. The summed E-state index contributed by atoms with van der Waals surface area (Å²) in [7, 11) is -0.773. The molecule has 0 aliphatic carbocycles. The summed E-state index contributed by atoms with van der Waals surface area (Å²) in [4.78, 5) is 0. The van der Waals surface area contributed by atoms with Crippen LogP contribution in [0.15, 0.2) is 0 Å². The van der Waals surface area contributed by atoms with Crippen LogP contribution in [0.4, 0.5) is 0 Å². The molecule has 0 heterocycles. The van der Waals surface area contributed by atoms with Gasteiger partial charge in [-0.2, -0.15) is 0 Å². The van der Waals surface area contributed by atoms with Crippen LogP contribution in [-0.4, -0.2) is 19.8 Å². The van der Waals surface area contributed by atoms with Gasteiger partial charge in [-0.15, -0.1) is 0 Å². The van der Waals surface area contributed by atoms with E-state index in [4.69, 9.17) is 5.11 Å². The molecule has 0 aliphatic rings. The molecule has 116 valence electrons. The summed E-state index contributed by atoms with van der Waals surface area (Å²) >= 11 is 0. The first-order valence-electron chi connectivity index (χ1n) is 8.67. The van der Waals surface area contributed by atoms with Gasteiger partial charge in [-0.05, 0) is 6.42 Å². The van der Waals surface area contributed by atoms with E-state index in [0.717, 1.165) is 6.42 Å². The maximum Gasteiger partial charge on any atom is 0.0442 e. The Balaban J connectivity index is 2.99. The molecule has 2 heteroatoms. The van der Waals surface area contributed by atoms with Gasteiger partial charge in [0.25, 0.3) is 0 Å². The molecular weight excluding hydrogens is 248 g/mol. The van der Waals surface area contributed by atoms with Gasteiger partial charge < -0.3 is 5.11 Å². The van der Waals surface area contributed by atoms with Crippen molar-refractivity contribution in [2.45, 2.75) is 103 Å². The number of hydrogen-bond donors (Lipinski definition) is 1. The average Bonchev–Trinajstić information content (AvgIpc) is 2.34. The lowest BCUT2D eigenvalue weighted by molar-refractivity contribution is 0.282. The fourth-order valence-electron chi connectivity index (χ4n) is 2.53. The van der Waals surface area contributed by atoms with Crippen LogP contribution in [0.2, 0.25) is 25.7 Å². The maximum absolute atomic E-state index is 8.67. The maximum atomic E-state index is 8.67. The van der Waals surface area contributed by atoms with E-state index in [9.17, 15) is 0 Å². The van der Waals surface area contributed by atoms with Crippen molar-refractivity contribution in [3.63, 3.8) is 0 Å². The smallest absolute Gasteiger partial charge is 0.0442 e. The van der Waals surface area contributed by atoms with Crippen molar-refractivity contribution in [1.29, 1.82) is 0 Å². The third-order valence-electron chi connectivity index (χ3n) is 3.83. The molecule has 0 amide bonds. The highest BCUT2D eigenvalue weighted by Crippen LogP contribution is 2.16. The van der Waals surface area contributed by atoms with E-state index in [2.05, 4.69) is 19.6 Å². The molecule has 0 bridgehead atoms. The first kappa shape index (κ1) is 19.2. The fourth-order valence-corrected chi connectivity index (χ4v) is 3.85. The molecular formula is C17H38OSi. The fraction of sp³-hybridized carbons (Fsp3) is 1.00. The zero-order chi connectivity index (χ0) is 14.4. The molecule has 0 aromatic carbocycles. The minimum Gasteiger partial charge on any atom is -0.396 e. The predicted octanol–water partition coefficient (Wildman–Crippen LogP) is 6.00. The molecule has 0 atom stereocenters. The van der Waals surface area contributed by atoms with E-state index >= 15 is 0 Å². The van der Waals surface area contributed by atoms with E-state index in [-0.39, 0.29) is 0 Å². The van der Waals surface area contributed by atoms with E-state index in [1.165, 1.54) is 76.7 Å². The van der Waals surface area contributed by atoms with Crippen LogP contribution in [-0.2, 0) is 0 Å². The van der Waals surface area contributed by atoms with E-state index in [1.807, 2.05) is 0 Å². The van der Waals surface area contributed by atoms with Crippen LogP contribution in [0.3, 0.4) is 0 Å². The lowest BCUT2D eigenvalue weighted by atomic mass is 10.1. The summed E-state index contributed by atoms with van der Waals surface area (Å²) < 4.78 is 0. The van der Waals surface area contributed by atoms with Crippen molar-refractivity contribution in [3.05, 3.63) is 0 Å². The minimum absolute atomic E-state index is 0.373. The molecule has 0 aromatic heterocycles. The van der Waals surface area contributed by atoms with Gasteiger partial charge in [0.1, 0.15) is 0 Å². The molecule has 0 aromatic rings.